The summed E-state index contributed by atoms with van der Waals surface area (Å²) < 4.78 is 16.8. The molecule has 0 atom stereocenters. The highest BCUT2D eigenvalue weighted by molar-refractivity contribution is 6.32. The Hall–Kier alpha value is -2.99. The predicted octanol–water partition coefficient (Wildman–Crippen LogP) is 4.06. The van der Waals surface area contributed by atoms with Crippen LogP contribution in [0.3, 0.4) is 0 Å². The number of nitrogens with one attached hydrogen (secondary N) is 1. The SMILES string of the molecule is O=C(CCc1ncc(-c2ccccc2)o1)NCCc1cc(Cl)c2c(c1)OCCO2. The highest BCUT2D eigenvalue weighted by atomic mass is 35.5. The molecular weight excluding hydrogens is 392 g/mol. The van der Waals surface area contributed by atoms with Gasteiger partial charge in [-0.2, -0.15) is 0 Å². The first-order valence-corrected chi connectivity index (χ1v) is 9.91. The second-order valence-electron chi connectivity index (χ2n) is 6.69. The molecule has 0 saturated heterocycles. The molecule has 2 aromatic carbocycles. The number of fused-ring (bicyclic) bond motifs is 1. The number of carbonyl (C=O) groups is 1. The molecule has 0 aliphatic carbocycles. The number of rotatable bonds is 7. The van der Waals surface area contributed by atoms with Crippen LogP contribution in [-0.4, -0.2) is 30.6 Å². The van der Waals surface area contributed by atoms with E-state index in [0.29, 0.717) is 67.2 Å². The first kappa shape index (κ1) is 19.3. The van der Waals surface area contributed by atoms with Gasteiger partial charge in [0.1, 0.15) is 13.2 Å². The summed E-state index contributed by atoms with van der Waals surface area (Å²) in [7, 11) is 0. The standard InChI is InChI=1S/C22H21ClN2O4/c23-17-12-15(13-18-22(17)28-11-10-27-18)8-9-24-20(26)6-7-21-25-14-19(29-21)16-4-2-1-3-5-16/h1-5,12-14H,6-11H2,(H,24,26). The fourth-order valence-corrected chi connectivity index (χ4v) is 3.41. The number of amides is 1. The van der Waals surface area contributed by atoms with Crippen molar-refractivity contribution >= 4 is 17.5 Å². The third-order valence-corrected chi connectivity index (χ3v) is 4.85. The van der Waals surface area contributed by atoms with Crippen LogP contribution < -0.4 is 14.8 Å². The Morgan fingerprint density at radius 3 is 2.79 bits per heavy atom. The zero-order chi connectivity index (χ0) is 20.1. The zero-order valence-electron chi connectivity index (χ0n) is 15.8. The lowest BCUT2D eigenvalue weighted by molar-refractivity contribution is -0.121. The summed E-state index contributed by atoms with van der Waals surface area (Å²) in [5, 5.41) is 3.45. The number of carbonyl (C=O) groups excluding carboxylic acids is 1. The number of aryl methyl sites for hydroxylation is 1. The van der Waals surface area contributed by atoms with Gasteiger partial charge in [-0.05, 0) is 24.1 Å². The maximum absolute atomic E-state index is 12.1. The van der Waals surface area contributed by atoms with Crippen LogP contribution in [0.15, 0.2) is 53.1 Å². The van der Waals surface area contributed by atoms with Gasteiger partial charge in [0.2, 0.25) is 5.91 Å². The Morgan fingerprint density at radius 1 is 1.10 bits per heavy atom. The van der Waals surface area contributed by atoms with Gasteiger partial charge in [-0.1, -0.05) is 41.9 Å². The van der Waals surface area contributed by atoms with Gasteiger partial charge in [0.15, 0.2) is 23.1 Å². The minimum absolute atomic E-state index is 0.0481. The lowest BCUT2D eigenvalue weighted by Crippen LogP contribution is -2.26. The van der Waals surface area contributed by atoms with Crippen molar-refractivity contribution in [2.24, 2.45) is 0 Å². The average Bonchev–Trinajstić information content (AvgIpc) is 3.22. The quantitative estimate of drug-likeness (QED) is 0.633. The van der Waals surface area contributed by atoms with E-state index in [9.17, 15) is 4.79 Å². The Labute approximate surface area is 173 Å². The number of oxazole rings is 1. The number of halogens is 1. The molecule has 1 aliphatic rings. The largest absolute Gasteiger partial charge is 0.486 e. The summed E-state index contributed by atoms with van der Waals surface area (Å²) in [6, 6.07) is 13.5. The van der Waals surface area contributed by atoms with Gasteiger partial charge in [0.25, 0.3) is 0 Å². The topological polar surface area (TPSA) is 73.6 Å². The van der Waals surface area contributed by atoms with Crippen molar-refractivity contribution < 1.29 is 18.7 Å². The van der Waals surface area contributed by atoms with Crippen LogP contribution in [0.25, 0.3) is 11.3 Å². The molecule has 2 heterocycles. The van der Waals surface area contributed by atoms with Crippen molar-refractivity contribution in [3.8, 4) is 22.8 Å². The van der Waals surface area contributed by atoms with Gasteiger partial charge in [-0.3, -0.25) is 4.79 Å². The molecule has 7 heteroatoms. The molecule has 3 aromatic rings. The highest BCUT2D eigenvalue weighted by Gasteiger charge is 2.16. The maximum Gasteiger partial charge on any atom is 0.220 e. The van der Waals surface area contributed by atoms with Crippen LogP contribution in [0.4, 0.5) is 0 Å². The maximum atomic E-state index is 12.1. The van der Waals surface area contributed by atoms with Crippen molar-refractivity contribution in [1.82, 2.24) is 10.3 Å². The molecule has 0 saturated carbocycles. The second kappa shape index (κ2) is 9.01. The molecular formula is C22H21ClN2O4. The molecule has 6 nitrogen and oxygen atoms in total. The number of hydrogen-bond donors (Lipinski definition) is 1. The van der Waals surface area contributed by atoms with Crippen molar-refractivity contribution in [3.05, 3.63) is 65.1 Å². The van der Waals surface area contributed by atoms with E-state index in [1.165, 1.54) is 0 Å². The highest BCUT2D eigenvalue weighted by Crippen LogP contribution is 2.38. The second-order valence-corrected chi connectivity index (χ2v) is 7.09. The van der Waals surface area contributed by atoms with Crippen molar-refractivity contribution in [2.45, 2.75) is 19.3 Å². The molecule has 0 spiro atoms. The molecule has 0 fully saturated rings. The molecule has 1 N–H and O–H groups in total. The van der Waals surface area contributed by atoms with Crippen molar-refractivity contribution in [3.63, 3.8) is 0 Å². The summed E-state index contributed by atoms with van der Waals surface area (Å²) in [6.07, 6.45) is 3.11. The monoisotopic (exact) mass is 412 g/mol. The lowest BCUT2D eigenvalue weighted by atomic mass is 10.1. The predicted molar refractivity (Wildman–Crippen MR) is 109 cm³/mol. The number of benzene rings is 2. The molecule has 150 valence electrons. The molecule has 29 heavy (non-hydrogen) atoms. The van der Waals surface area contributed by atoms with Gasteiger partial charge < -0.3 is 19.2 Å². The van der Waals surface area contributed by atoms with Crippen LogP contribution in [0.1, 0.15) is 17.9 Å². The van der Waals surface area contributed by atoms with Gasteiger partial charge in [0.05, 0.1) is 11.2 Å². The minimum Gasteiger partial charge on any atom is -0.486 e. The Kier molecular flexibility index (Phi) is 6.00. The van der Waals surface area contributed by atoms with E-state index in [1.54, 1.807) is 6.20 Å². The van der Waals surface area contributed by atoms with Crippen LogP contribution in [-0.2, 0) is 17.6 Å². The van der Waals surface area contributed by atoms with Crippen LogP contribution >= 0.6 is 11.6 Å². The van der Waals surface area contributed by atoms with E-state index in [2.05, 4.69) is 10.3 Å². The molecule has 0 bridgehead atoms. The third-order valence-electron chi connectivity index (χ3n) is 4.57. The van der Waals surface area contributed by atoms with Crippen LogP contribution in [0.5, 0.6) is 11.5 Å². The molecule has 0 unspecified atom stereocenters. The van der Waals surface area contributed by atoms with Gasteiger partial charge in [-0.15, -0.1) is 0 Å². The fourth-order valence-electron chi connectivity index (χ4n) is 3.13. The smallest absolute Gasteiger partial charge is 0.220 e. The molecule has 1 aromatic heterocycles. The molecule has 0 radical (unpaired) electrons. The summed E-state index contributed by atoms with van der Waals surface area (Å²) in [5.41, 5.74) is 1.95. The molecule has 1 aliphatic heterocycles. The fraction of sp³-hybridized carbons (Fsp3) is 0.273. The van der Waals surface area contributed by atoms with Crippen molar-refractivity contribution in [2.75, 3.05) is 19.8 Å². The number of aromatic nitrogens is 1. The average molecular weight is 413 g/mol. The molecule has 4 rings (SSSR count). The van der Waals surface area contributed by atoms with E-state index in [1.807, 2.05) is 42.5 Å². The lowest BCUT2D eigenvalue weighted by Gasteiger charge is -2.20. The zero-order valence-corrected chi connectivity index (χ0v) is 16.6. The summed E-state index contributed by atoms with van der Waals surface area (Å²) in [4.78, 5) is 16.4. The van der Waals surface area contributed by atoms with Gasteiger partial charge in [-0.25, -0.2) is 4.98 Å². The molecule has 1 amide bonds. The third kappa shape index (κ3) is 4.90. The van der Waals surface area contributed by atoms with E-state index in [0.717, 1.165) is 11.1 Å². The number of nitrogens with zero attached hydrogens (tertiary/aromatic N) is 1. The van der Waals surface area contributed by atoms with E-state index in [4.69, 9.17) is 25.5 Å². The summed E-state index contributed by atoms with van der Waals surface area (Å²) in [5.74, 6) is 2.46. The van der Waals surface area contributed by atoms with Crippen LogP contribution in [0, 0.1) is 0 Å². The Balaban J connectivity index is 1.24. The van der Waals surface area contributed by atoms with Crippen LogP contribution in [0.2, 0.25) is 5.02 Å². The van der Waals surface area contributed by atoms with Gasteiger partial charge in [0, 0.05) is 24.9 Å². The number of hydrogen-bond acceptors (Lipinski definition) is 5. The first-order valence-electron chi connectivity index (χ1n) is 9.54. The Bertz CT molecular complexity index is 988. The summed E-state index contributed by atoms with van der Waals surface area (Å²) in [6.45, 7) is 1.52. The van der Waals surface area contributed by atoms with Gasteiger partial charge >= 0.3 is 0 Å². The number of ether oxygens (including phenoxy) is 2. The normalized spacial score (nSPS) is 12.6. The van der Waals surface area contributed by atoms with E-state index < -0.39 is 0 Å². The first-order chi connectivity index (χ1) is 14.2. The van der Waals surface area contributed by atoms with E-state index in [-0.39, 0.29) is 5.91 Å². The van der Waals surface area contributed by atoms with E-state index >= 15 is 0 Å². The summed E-state index contributed by atoms with van der Waals surface area (Å²) >= 11 is 6.24. The van der Waals surface area contributed by atoms with Crippen molar-refractivity contribution in [1.29, 1.82) is 0 Å². The Morgan fingerprint density at radius 2 is 1.93 bits per heavy atom. The minimum atomic E-state index is -0.0481.